The van der Waals surface area contributed by atoms with Gasteiger partial charge in [-0.2, -0.15) is 0 Å². The molecule has 2 nitrogen and oxygen atoms in total. The number of fused-ring (bicyclic) bond motifs is 7. The molecule has 2 heterocycles. The summed E-state index contributed by atoms with van der Waals surface area (Å²) in [4.78, 5) is 2.43. The first-order valence-electron chi connectivity index (χ1n) is 18.7. The molecule has 11 aromatic rings. The predicted octanol–water partition coefficient (Wildman–Crippen LogP) is 15.6. The van der Waals surface area contributed by atoms with E-state index in [1.807, 2.05) is 23.5 Å². The van der Waals surface area contributed by atoms with Crippen LogP contribution in [0.25, 0.3) is 86.3 Å². The molecule has 0 fully saturated rings. The molecule has 0 aliphatic carbocycles. The van der Waals surface area contributed by atoms with Gasteiger partial charge in [-0.1, -0.05) is 146 Å². The molecule has 0 aliphatic rings. The van der Waals surface area contributed by atoms with Gasteiger partial charge in [-0.15, -0.1) is 11.3 Å². The topological polar surface area (TPSA) is 16.4 Å². The van der Waals surface area contributed by atoms with E-state index in [-0.39, 0.29) is 0 Å². The summed E-state index contributed by atoms with van der Waals surface area (Å²) < 4.78 is 9.03. The molecule has 0 saturated carbocycles. The number of hydrogen-bond donors (Lipinski definition) is 0. The Bertz CT molecular complexity index is 3190. The third-order valence-electron chi connectivity index (χ3n) is 10.9. The van der Waals surface area contributed by atoms with Crippen molar-refractivity contribution in [1.29, 1.82) is 0 Å². The van der Waals surface area contributed by atoms with Crippen LogP contribution in [-0.2, 0) is 0 Å². The first kappa shape index (κ1) is 31.6. The maximum atomic E-state index is 6.46. The van der Waals surface area contributed by atoms with Crippen molar-refractivity contribution in [3.8, 4) is 33.4 Å². The molecule has 0 atom stereocenters. The van der Waals surface area contributed by atoms with E-state index in [0.29, 0.717) is 0 Å². The van der Waals surface area contributed by atoms with E-state index in [2.05, 4.69) is 193 Å². The van der Waals surface area contributed by atoms with Gasteiger partial charge in [0.1, 0.15) is 11.2 Å². The Morgan fingerprint density at radius 1 is 0.400 bits per heavy atom. The second-order valence-corrected chi connectivity index (χ2v) is 15.2. The molecule has 3 heteroatoms. The first-order valence-corrected chi connectivity index (χ1v) is 19.5. The van der Waals surface area contributed by atoms with Crippen molar-refractivity contribution >= 4 is 81.3 Å². The Balaban J connectivity index is 1.14. The molecule has 0 saturated heterocycles. The summed E-state index contributed by atoms with van der Waals surface area (Å²) in [6.45, 7) is 0. The van der Waals surface area contributed by atoms with Crippen molar-refractivity contribution in [3.05, 3.63) is 200 Å². The van der Waals surface area contributed by atoms with Crippen molar-refractivity contribution in [3.63, 3.8) is 0 Å². The zero-order valence-corrected chi connectivity index (χ0v) is 30.6. The fourth-order valence-corrected chi connectivity index (χ4v) is 9.37. The summed E-state index contributed by atoms with van der Waals surface area (Å²) in [6, 6.07) is 72.3. The number of furan rings is 1. The number of rotatable bonds is 6. The Hall–Kier alpha value is -6.94. The second kappa shape index (κ2) is 12.9. The molecule has 258 valence electrons. The summed E-state index contributed by atoms with van der Waals surface area (Å²) in [6.07, 6.45) is 0. The molecule has 0 aliphatic heterocycles. The zero-order chi connectivity index (χ0) is 36.3. The lowest BCUT2D eigenvalue weighted by Crippen LogP contribution is -2.11. The number of para-hydroxylation sites is 2. The number of benzene rings is 9. The monoisotopic (exact) mass is 719 g/mol. The molecular weight excluding hydrogens is 687 g/mol. The van der Waals surface area contributed by atoms with Gasteiger partial charge in [-0.3, -0.25) is 0 Å². The summed E-state index contributed by atoms with van der Waals surface area (Å²) in [5.74, 6) is 0. The van der Waals surface area contributed by atoms with Gasteiger partial charge in [-0.05, 0) is 87.6 Å². The second-order valence-electron chi connectivity index (χ2n) is 14.1. The largest absolute Gasteiger partial charge is 0.455 e. The molecule has 0 N–H and O–H groups in total. The molecule has 9 aromatic carbocycles. The van der Waals surface area contributed by atoms with Crippen LogP contribution in [0.3, 0.4) is 0 Å². The highest BCUT2D eigenvalue weighted by atomic mass is 32.1. The maximum absolute atomic E-state index is 6.46. The fraction of sp³-hybridized carbons (Fsp3) is 0. The van der Waals surface area contributed by atoms with E-state index in [4.69, 9.17) is 4.42 Å². The molecule has 55 heavy (non-hydrogen) atoms. The van der Waals surface area contributed by atoms with Gasteiger partial charge in [0, 0.05) is 53.4 Å². The van der Waals surface area contributed by atoms with Crippen molar-refractivity contribution in [2.45, 2.75) is 0 Å². The van der Waals surface area contributed by atoms with Gasteiger partial charge in [-0.25, -0.2) is 0 Å². The van der Waals surface area contributed by atoms with Crippen LogP contribution in [0.1, 0.15) is 0 Å². The summed E-state index contributed by atoms with van der Waals surface area (Å²) in [5.41, 5.74) is 12.1. The molecular formula is C52H33NOS. The van der Waals surface area contributed by atoms with Crippen LogP contribution in [-0.4, -0.2) is 0 Å². The van der Waals surface area contributed by atoms with E-state index in [1.54, 1.807) is 0 Å². The minimum Gasteiger partial charge on any atom is -0.455 e. The number of thiophene rings is 1. The highest BCUT2D eigenvalue weighted by Crippen LogP contribution is 2.49. The molecule has 11 rings (SSSR count). The molecule has 2 aromatic heterocycles. The van der Waals surface area contributed by atoms with Crippen LogP contribution in [0.15, 0.2) is 205 Å². The van der Waals surface area contributed by atoms with Crippen molar-refractivity contribution in [1.82, 2.24) is 0 Å². The average Bonchev–Trinajstić information content (AvgIpc) is 3.83. The molecule has 0 bridgehead atoms. The van der Waals surface area contributed by atoms with Gasteiger partial charge in [0.05, 0.1) is 5.69 Å². The van der Waals surface area contributed by atoms with Gasteiger partial charge in [0.15, 0.2) is 0 Å². The van der Waals surface area contributed by atoms with E-state index in [9.17, 15) is 0 Å². The van der Waals surface area contributed by atoms with Crippen LogP contribution in [0.5, 0.6) is 0 Å². The smallest absolute Gasteiger partial charge is 0.143 e. The van der Waals surface area contributed by atoms with Gasteiger partial charge >= 0.3 is 0 Å². The number of hydrogen-bond acceptors (Lipinski definition) is 3. The number of anilines is 3. The highest BCUT2D eigenvalue weighted by molar-refractivity contribution is 7.26. The van der Waals surface area contributed by atoms with Crippen LogP contribution < -0.4 is 4.90 Å². The Labute approximate surface area is 322 Å². The molecule has 0 radical (unpaired) electrons. The van der Waals surface area contributed by atoms with Crippen LogP contribution in [0.4, 0.5) is 17.1 Å². The first-order chi connectivity index (χ1) is 27.3. The third kappa shape index (κ3) is 5.32. The number of nitrogens with zero attached hydrogens (tertiary/aromatic N) is 1. The Kier molecular flexibility index (Phi) is 7.39. The third-order valence-corrected chi connectivity index (χ3v) is 12.0. The summed E-state index contributed by atoms with van der Waals surface area (Å²) >= 11 is 1.86. The Morgan fingerprint density at radius 3 is 1.85 bits per heavy atom. The van der Waals surface area contributed by atoms with Crippen LogP contribution >= 0.6 is 11.3 Å². The predicted molar refractivity (Wildman–Crippen MR) is 235 cm³/mol. The lowest BCUT2D eigenvalue weighted by atomic mass is 9.94. The van der Waals surface area contributed by atoms with Gasteiger partial charge in [0.2, 0.25) is 0 Å². The molecule has 0 amide bonds. The highest BCUT2D eigenvalue weighted by Gasteiger charge is 2.23. The maximum Gasteiger partial charge on any atom is 0.143 e. The van der Waals surface area contributed by atoms with E-state index >= 15 is 0 Å². The van der Waals surface area contributed by atoms with E-state index in [0.717, 1.165) is 50.1 Å². The fourth-order valence-electron chi connectivity index (χ4n) is 8.25. The molecule has 0 spiro atoms. The van der Waals surface area contributed by atoms with Gasteiger partial charge < -0.3 is 9.32 Å². The minimum absolute atomic E-state index is 0.907. The lowest BCUT2D eigenvalue weighted by molar-refractivity contribution is 0.670. The zero-order valence-electron chi connectivity index (χ0n) is 29.8. The van der Waals surface area contributed by atoms with E-state index in [1.165, 1.54) is 53.2 Å². The normalized spacial score (nSPS) is 11.6. The summed E-state index contributed by atoms with van der Waals surface area (Å²) in [5, 5.41) is 7.30. The molecule has 0 unspecified atom stereocenters. The Morgan fingerprint density at radius 2 is 1.04 bits per heavy atom. The summed E-state index contributed by atoms with van der Waals surface area (Å²) in [7, 11) is 0. The van der Waals surface area contributed by atoms with Crippen LogP contribution in [0, 0.1) is 0 Å². The standard InChI is InChI=1S/C52H33NOS/c1-2-11-34(12-3-1)36-23-27-40(28-24-36)53(41-29-25-37(26-30-41)42-17-10-18-44-43-15-6-8-19-47(43)54-52(42)44)46-31-32-49-51(45-16-7-9-20-48(45)55-49)50(46)39-22-21-35-13-4-5-14-38(35)33-39/h1-33H. The van der Waals surface area contributed by atoms with E-state index < -0.39 is 0 Å². The van der Waals surface area contributed by atoms with Gasteiger partial charge in [0.25, 0.3) is 0 Å². The average molecular weight is 720 g/mol. The van der Waals surface area contributed by atoms with Crippen molar-refractivity contribution < 1.29 is 4.42 Å². The van der Waals surface area contributed by atoms with Crippen molar-refractivity contribution in [2.24, 2.45) is 0 Å². The lowest BCUT2D eigenvalue weighted by Gasteiger charge is -2.29. The van der Waals surface area contributed by atoms with Crippen molar-refractivity contribution in [2.75, 3.05) is 4.90 Å². The van der Waals surface area contributed by atoms with Crippen LogP contribution in [0.2, 0.25) is 0 Å². The minimum atomic E-state index is 0.907. The quantitative estimate of drug-likeness (QED) is 0.170. The SMILES string of the molecule is c1ccc(-c2ccc(N(c3ccc(-c4cccc5c4oc4ccccc45)cc3)c3ccc4sc5ccccc5c4c3-c3ccc4ccccc4c3)cc2)cc1.